The zero-order valence-electron chi connectivity index (χ0n) is 11.1. The van der Waals surface area contributed by atoms with Crippen molar-refractivity contribution >= 4 is 31.9 Å². The third-order valence-electron chi connectivity index (χ3n) is 2.98. The average molecular weight is 399 g/mol. The van der Waals surface area contributed by atoms with Crippen LogP contribution in [0.25, 0.3) is 0 Å². The summed E-state index contributed by atoms with van der Waals surface area (Å²) < 4.78 is 8.09. The van der Waals surface area contributed by atoms with Gasteiger partial charge in [-0.3, -0.25) is 0 Å². The molecule has 0 aromatic heterocycles. The van der Waals surface area contributed by atoms with Crippen LogP contribution in [0.15, 0.2) is 51.4 Å². The first-order valence-electron chi connectivity index (χ1n) is 6.55. The van der Waals surface area contributed by atoms with E-state index in [0.29, 0.717) is 13.2 Å². The number of aryl methyl sites for hydroxylation is 1. The predicted molar refractivity (Wildman–Crippen MR) is 90.0 cm³/mol. The fourth-order valence-corrected chi connectivity index (χ4v) is 2.59. The summed E-state index contributed by atoms with van der Waals surface area (Å²) in [5.74, 6) is 0.935. The van der Waals surface area contributed by atoms with Crippen LogP contribution >= 0.6 is 31.9 Å². The third-order valence-corrected chi connectivity index (χ3v) is 4.00. The molecule has 2 aromatic carbocycles. The summed E-state index contributed by atoms with van der Waals surface area (Å²) >= 11 is 6.93. The van der Waals surface area contributed by atoms with Gasteiger partial charge in [-0.25, -0.2) is 0 Å². The highest BCUT2D eigenvalue weighted by Gasteiger charge is 2.05. The molecule has 20 heavy (non-hydrogen) atoms. The minimum absolute atomic E-state index is 0.574. The van der Waals surface area contributed by atoms with Gasteiger partial charge in [0.05, 0.1) is 0 Å². The molecule has 0 amide bonds. The predicted octanol–water partition coefficient (Wildman–Crippen LogP) is 4.68. The van der Waals surface area contributed by atoms with Gasteiger partial charge in [0.25, 0.3) is 0 Å². The molecule has 0 fully saturated rings. The van der Waals surface area contributed by atoms with Crippen LogP contribution < -0.4 is 10.5 Å². The highest BCUT2D eigenvalue weighted by molar-refractivity contribution is 9.10. The van der Waals surface area contributed by atoms with Crippen LogP contribution in [0.1, 0.15) is 17.5 Å². The SMILES string of the molecule is NCCCc1cc(Br)ccc1OCc1ccc(Br)cc1. The molecule has 4 heteroatoms. The smallest absolute Gasteiger partial charge is 0.123 e. The average Bonchev–Trinajstić information content (AvgIpc) is 2.46. The fraction of sp³-hybridized carbons (Fsp3) is 0.250. The minimum Gasteiger partial charge on any atom is -0.489 e. The number of nitrogens with two attached hydrogens (primary N) is 1. The van der Waals surface area contributed by atoms with E-state index in [1.807, 2.05) is 24.3 Å². The Hall–Kier alpha value is -0.840. The van der Waals surface area contributed by atoms with Crippen molar-refractivity contribution in [1.82, 2.24) is 0 Å². The van der Waals surface area contributed by atoms with E-state index < -0.39 is 0 Å². The van der Waals surface area contributed by atoms with Crippen molar-refractivity contribution in [2.24, 2.45) is 5.73 Å². The van der Waals surface area contributed by atoms with E-state index in [-0.39, 0.29) is 0 Å². The quantitative estimate of drug-likeness (QED) is 0.766. The number of rotatable bonds is 6. The number of hydrogen-bond donors (Lipinski definition) is 1. The Kier molecular flexibility index (Phi) is 6.07. The number of benzene rings is 2. The molecular formula is C16H17Br2NO. The van der Waals surface area contributed by atoms with Crippen molar-refractivity contribution in [3.63, 3.8) is 0 Å². The molecule has 0 saturated heterocycles. The van der Waals surface area contributed by atoms with Crippen molar-refractivity contribution in [2.75, 3.05) is 6.54 Å². The van der Waals surface area contributed by atoms with Gasteiger partial charge in [-0.2, -0.15) is 0 Å². The van der Waals surface area contributed by atoms with E-state index in [2.05, 4.69) is 50.1 Å². The molecule has 0 spiro atoms. The lowest BCUT2D eigenvalue weighted by Gasteiger charge is -2.12. The van der Waals surface area contributed by atoms with Gasteiger partial charge >= 0.3 is 0 Å². The fourth-order valence-electron chi connectivity index (χ4n) is 1.92. The Bertz CT molecular complexity index is 555. The zero-order chi connectivity index (χ0) is 14.4. The number of ether oxygens (including phenoxy) is 1. The van der Waals surface area contributed by atoms with Crippen LogP contribution in [-0.2, 0) is 13.0 Å². The Labute approximate surface area is 136 Å². The molecule has 0 heterocycles. The van der Waals surface area contributed by atoms with E-state index in [9.17, 15) is 0 Å². The zero-order valence-corrected chi connectivity index (χ0v) is 14.3. The Morgan fingerprint density at radius 1 is 0.950 bits per heavy atom. The lowest BCUT2D eigenvalue weighted by Crippen LogP contribution is -2.03. The largest absolute Gasteiger partial charge is 0.489 e. The molecule has 2 N–H and O–H groups in total. The molecule has 0 aliphatic carbocycles. The van der Waals surface area contributed by atoms with Crippen molar-refractivity contribution < 1.29 is 4.74 Å². The molecule has 2 nitrogen and oxygen atoms in total. The van der Waals surface area contributed by atoms with Crippen LogP contribution in [0.5, 0.6) is 5.75 Å². The van der Waals surface area contributed by atoms with Gasteiger partial charge in [0, 0.05) is 8.95 Å². The highest BCUT2D eigenvalue weighted by atomic mass is 79.9. The first-order chi connectivity index (χ1) is 9.69. The second-order valence-electron chi connectivity index (χ2n) is 4.56. The summed E-state index contributed by atoms with van der Waals surface area (Å²) in [7, 11) is 0. The summed E-state index contributed by atoms with van der Waals surface area (Å²) in [4.78, 5) is 0. The van der Waals surface area contributed by atoms with Crippen molar-refractivity contribution in [3.05, 3.63) is 62.5 Å². The lowest BCUT2D eigenvalue weighted by molar-refractivity contribution is 0.302. The molecule has 0 aliphatic heterocycles. The molecule has 0 radical (unpaired) electrons. The maximum Gasteiger partial charge on any atom is 0.123 e. The number of hydrogen-bond acceptors (Lipinski definition) is 2. The third kappa shape index (κ3) is 4.62. The number of halogens is 2. The van der Waals surface area contributed by atoms with Gasteiger partial charge in [0.1, 0.15) is 12.4 Å². The van der Waals surface area contributed by atoms with Gasteiger partial charge < -0.3 is 10.5 Å². The summed E-state index contributed by atoms with van der Waals surface area (Å²) in [5.41, 5.74) is 7.94. The monoisotopic (exact) mass is 397 g/mol. The van der Waals surface area contributed by atoms with Gasteiger partial charge in [-0.05, 0) is 60.8 Å². The molecule has 0 bridgehead atoms. The van der Waals surface area contributed by atoms with E-state index in [1.54, 1.807) is 0 Å². The van der Waals surface area contributed by atoms with Crippen LogP contribution in [0, 0.1) is 0 Å². The van der Waals surface area contributed by atoms with Crippen molar-refractivity contribution in [1.29, 1.82) is 0 Å². The van der Waals surface area contributed by atoms with E-state index in [1.165, 1.54) is 5.56 Å². The van der Waals surface area contributed by atoms with Crippen LogP contribution in [0.3, 0.4) is 0 Å². The van der Waals surface area contributed by atoms with Gasteiger partial charge in [0.15, 0.2) is 0 Å². The van der Waals surface area contributed by atoms with Gasteiger partial charge in [0.2, 0.25) is 0 Å². The second-order valence-corrected chi connectivity index (χ2v) is 6.39. The second kappa shape index (κ2) is 7.81. The summed E-state index contributed by atoms with van der Waals surface area (Å²) in [6.07, 6.45) is 1.90. The normalized spacial score (nSPS) is 10.6. The Morgan fingerprint density at radius 3 is 2.35 bits per heavy atom. The highest BCUT2D eigenvalue weighted by Crippen LogP contribution is 2.25. The molecule has 106 valence electrons. The van der Waals surface area contributed by atoms with Crippen LogP contribution in [-0.4, -0.2) is 6.54 Å². The molecular weight excluding hydrogens is 382 g/mol. The first kappa shape index (κ1) is 15.5. The summed E-state index contributed by atoms with van der Waals surface area (Å²) in [6.45, 7) is 1.27. The topological polar surface area (TPSA) is 35.2 Å². The van der Waals surface area contributed by atoms with Gasteiger partial charge in [-0.15, -0.1) is 0 Å². The molecule has 0 unspecified atom stereocenters. The van der Waals surface area contributed by atoms with E-state index in [0.717, 1.165) is 33.1 Å². The van der Waals surface area contributed by atoms with E-state index >= 15 is 0 Å². The van der Waals surface area contributed by atoms with Gasteiger partial charge in [-0.1, -0.05) is 44.0 Å². The van der Waals surface area contributed by atoms with Crippen molar-refractivity contribution in [2.45, 2.75) is 19.4 Å². The summed E-state index contributed by atoms with van der Waals surface area (Å²) in [6, 6.07) is 14.3. The maximum absolute atomic E-state index is 5.94. The first-order valence-corrected chi connectivity index (χ1v) is 8.13. The standard InChI is InChI=1S/C16H17Br2NO/c17-14-5-3-12(4-6-14)11-20-16-8-7-15(18)10-13(16)2-1-9-19/h3-8,10H,1-2,9,11,19H2. The molecule has 0 saturated carbocycles. The Balaban J connectivity index is 2.06. The van der Waals surface area contributed by atoms with Crippen LogP contribution in [0.4, 0.5) is 0 Å². The lowest BCUT2D eigenvalue weighted by atomic mass is 10.1. The minimum atomic E-state index is 0.574. The van der Waals surface area contributed by atoms with E-state index in [4.69, 9.17) is 10.5 Å². The molecule has 0 atom stereocenters. The summed E-state index contributed by atoms with van der Waals surface area (Å²) in [5, 5.41) is 0. The molecule has 0 aliphatic rings. The Morgan fingerprint density at radius 2 is 1.65 bits per heavy atom. The molecule has 2 rings (SSSR count). The van der Waals surface area contributed by atoms with Crippen LogP contribution in [0.2, 0.25) is 0 Å². The maximum atomic E-state index is 5.94. The molecule has 2 aromatic rings. The van der Waals surface area contributed by atoms with Crippen molar-refractivity contribution in [3.8, 4) is 5.75 Å².